The Morgan fingerprint density at radius 1 is 1.53 bits per heavy atom. The summed E-state index contributed by atoms with van der Waals surface area (Å²) >= 11 is 0. The van der Waals surface area contributed by atoms with Gasteiger partial charge >= 0.3 is 0 Å². The summed E-state index contributed by atoms with van der Waals surface area (Å²) in [6, 6.07) is 0.0775. The highest BCUT2D eigenvalue weighted by Gasteiger charge is 2.21. The normalized spacial score (nSPS) is 13.0. The lowest BCUT2D eigenvalue weighted by molar-refractivity contribution is 0.0911. The van der Waals surface area contributed by atoms with Gasteiger partial charge in [-0.2, -0.15) is 5.10 Å². The molecular weight excluding hydrogens is 242 g/mol. The lowest BCUT2D eigenvalue weighted by Gasteiger charge is -2.25. The molecule has 6 nitrogen and oxygen atoms in total. The van der Waals surface area contributed by atoms with E-state index in [4.69, 9.17) is 5.73 Å². The van der Waals surface area contributed by atoms with Crippen molar-refractivity contribution >= 4 is 11.6 Å². The van der Waals surface area contributed by atoms with Crippen molar-refractivity contribution in [1.29, 1.82) is 0 Å². The number of likely N-dealkylation sites (N-methyl/N-ethyl adjacent to an activating group) is 1. The van der Waals surface area contributed by atoms with E-state index in [-0.39, 0.29) is 11.9 Å². The number of aryl methyl sites for hydroxylation is 1. The van der Waals surface area contributed by atoms with Gasteiger partial charge in [0.2, 0.25) is 0 Å². The Kier molecular flexibility index (Phi) is 5.35. The van der Waals surface area contributed by atoms with Crippen molar-refractivity contribution in [3.8, 4) is 0 Å². The van der Waals surface area contributed by atoms with E-state index in [1.54, 1.807) is 10.9 Å². The molecule has 1 unspecified atom stereocenters. The molecule has 0 aliphatic heterocycles. The van der Waals surface area contributed by atoms with Gasteiger partial charge in [-0.25, -0.2) is 0 Å². The van der Waals surface area contributed by atoms with Crippen molar-refractivity contribution in [3.05, 3.63) is 11.9 Å². The third-order valence-electron chi connectivity index (χ3n) is 3.01. The maximum atomic E-state index is 12.2. The highest BCUT2D eigenvalue weighted by atomic mass is 16.2. The molecule has 0 saturated heterocycles. The van der Waals surface area contributed by atoms with Crippen molar-refractivity contribution in [2.45, 2.75) is 33.4 Å². The lowest BCUT2D eigenvalue weighted by atomic mass is 10.0. The summed E-state index contributed by atoms with van der Waals surface area (Å²) in [6.45, 7) is 7.61. The van der Waals surface area contributed by atoms with Crippen LogP contribution in [0.1, 0.15) is 31.3 Å². The monoisotopic (exact) mass is 267 g/mol. The van der Waals surface area contributed by atoms with Crippen molar-refractivity contribution in [2.75, 3.05) is 26.4 Å². The molecule has 0 aliphatic rings. The molecule has 6 heteroatoms. The Balaban J connectivity index is 2.78. The molecule has 0 radical (unpaired) electrons. The van der Waals surface area contributed by atoms with E-state index in [1.165, 1.54) is 0 Å². The fourth-order valence-electron chi connectivity index (χ4n) is 1.83. The molecule has 0 aliphatic carbocycles. The molecule has 1 aromatic rings. The van der Waals surface area contributed by atoms with Gasteiger partial charge in [-0.3, -0.25) is 9.48 Å². The molecule has 0 spiro atoms. The number of anilines is 1. The first-order valence-corrected chi connectivity index (χ1v) is 6.63. The van der Waals surface area contributed by atoms with Crippen LogP contribution in [0.2, 0.25) is 0 Å². The number of nitrogen functional groups attached to an aromatic ring is 1. The van der Waals surface area contributed by atoms with Gasteiger partial charge in [-0.15, -0.1) is 0 Å². The van der Waals surface area contributed by atoms with Gasteiger partial charge in [-0.1, -0.05) is 13.8 Å². The Morgan fingerprint density at radius 2 is 2.16 bits per heavy atom. The molecule has 108 valence electrons. The molecular formula is C13H25N5O. The van der Waals surface area contributed by atoms with E-state index in [0.717, 1.165) is 6.54 Å². The molecule has 0 fully saturated rings. The highest BCUT2D eigenvalue weighted by molar-refractivity contribution is 5.97. The van der Waals surface area contributed by atoms with Crippen molar-refractivity contribution in [1.82, 2.24) is 20.0 Å². The molecule has 1 heterocycles. The molecule has 1 atom stereocenters. The minimum Gasteiger partial charge on any atom is -0.396 e. The number of carbonyl (C=O) groups excluding carboxylic acids is 1. The predicted octanol–water partition coefficient (Wildman–Crippen LogP) is 0.801. The summed E-state index contributed by atoms with van der Waals surface area (Å²) in [6.07, 6.45) is 1.69. The van der Waals surface area contributed by atoms with E-state index in [1.807, 2.05) is 21.0 Å². The Hall–Kier alpha value is -1.56. The summed E-state index contributed by atoms with van der Waals surface area (Å²) in [5, 5.41) is 7.19. The summed E-state index contributed by atoms with van der Waals surface area (Å²) in [7, 11) is 3.98. The third kappa shape index (κ3) is 4.24. The second kappa shape index (κ2) is 6.56. The van der Waals surface area contributed by atoms with Gasteiger partial charge in [0.25, 0.3) is 5.91 Å². The van der Waals surface area contributed by atoms with E-state index < -0.39 is 0 Å². The smallest absolute Gasteiger partial charge is 0.274 e. The van der Waals surface area contributed by atoms with Crippen LogP contribution in [0, 0.1) is 5.92 Å². The first-order valence-electron chi connectivity index (χ1n) is 6.63. The van der Waals surface area contributed by atoms with E-state index in [9.17, 15) is 4.79 Å². The molecule has 1 amide bonds. The summed E-state index contributed by atoms with van der Waals surface area (Å²) in [4.78, 5) is 14.3. The number of nitrogens with two attached hydrogens (primary N) is 1. The standard InChI is InChI=1S/C13H25N5O/c1-6-18-7-10(14)12(16-18)13(19)15-11(9(2)3)8-17(4)5/h7,9,11H,6,8,14H2,1-5H3,(H,15,19). The Bertz CT molecular complexity index is 425. The number of nitrogens with one attached hydrogen (secondary N) is 1. The molecule has 3 N–H and O–H groups in total. The van der Waals surface area contributed by atoms with Gasteiger partial charge in [0.1, 0.15) is 0 Å². The van der Waals surface area contributed by atoms with Crippen LogP contribution in [-0.2, 0) is 6.54 Å². The van der Waals surface area contributed by atoms with Gasteiger partial charge in [0.15, 0.2) is 5.69 Å². The van der Waals surface area contributed by atoms with Crippen molar-refractivity contribution < 1.29 is 4.79 Å². The lowest BCUT2D eigenvalue weighted by Crippen LogP contribution is -2.45. The van der Waals surface area contributed by atoms with Crippen LogP contribution in [0.5, 0.6) is 0 Å². The van der Waals surface area contributed by atoms with Crippen molar-refractivity contribution in [3.63, 3.8) is 0 Å². The minimum atomic E-state index is -0.203. The summed E-state index contributed by atoms with van der Waals surface area (Å²) in [5.74, 6) is 0.145. The molecule has 1 aromatic heterocycles. The number of aromatic nitrogens is 2. The highest BCUT2D eigenvalue weighted by Crippen LogP contribution is 2.11. The quantitative estimate of drug-likeness (QED) is 0.799. The topological polar surface area (TPSA) is 76.2 Å². The predicted molar refractivity (Wildman–Crippen MR) is 77.0 cm³/mol. The van der Waals surface area contributed by atoms with Gasteiger partial charge in [0.05, 0.1) is 5.69 Å². The van der Waals surface area contributed by atoms with Gasteiger partial charge in [-0.05, 0) is 26.9 Å². The van der Waals surface area contributed by atoms with Crippen LogP contribution in [-0.4, -0.2) is 47.3 Å². The van der Waals surface area contributed by atoms with Crippen LogP contribution in [0.25, 0.3) is 0 Å². The maximum absolute atomic E-state index is 12.2. The fraction of sp³-hybridized carbons (Fsp3) is 0.692. The maximum Gasteiger partial charge on any atom is 0.274 e. The van der Waals surface area contributed by atoms with Crippen molar-refractivity contribution in [2.24, 2.45) is 5.92 Å². The van der Waals surface area contributed by atoms with E-state index in [0.29, 0.717) is 23.8 Å². The zero-order chi connectivity index (χ0) is 14.6. The average molecular weight is 267 g/mol. The molecule has 1 rings (SSSR count). The second-order valence-electron chi connectivity index (χ2n) is 5.37. The number of hydrogen-bond donors (Lipinski definition) is 2. The first-order chi connectivity index (χ1) is 8.85. The zero-order valence-corrected chi connectivity index (χ0v) is 12.5. The van der Waals surface area contributed by atoms with E-state index >= 15 is 0 Å². The zero-order valence-electron chi connectivity index (χ0n) is 12.5. The van der Waals surface area contributed by atoms with Gasteiger partial charge in [0, 0.05) is 25.3 Å². The first kappa shape index (κ1) is 15.5. The molecule has 19 heavy (non-hydrogen) atoms. The Labute approximate surface area is 114 Å². The van der Waals surface area contributed by atoms with Crippen LogP contribution >= 0.6 is 0 Å². The largest absolute Gasteiger partial charge is 0.396 e. The van der Waals surface area contributed by atoms with Crippen LogP contribution in [0.3, 0.4) is 0 Å². The second-order valence-corrected chi connectivity index (χ2v) is 5.37. The van der Waals surface area contributed by atoms with Crippen LogP contribution in [0.4, 0.5) is 5.69 Å². The minimum absolute atomic E-state index is 0.0775. The molecule has 0 aromatic carbocycles. The molecule has 0 saturated carbocycles. The van der Waals surface area contributed by atoms with Crippen LogP contribution in [0.15, 0.2) is 6.20 Å². The number of carbonyl (C=O) groups is 1. The number of hydrogen-bond acceptors (Lipinski definition) is 4. The summed E-state index contributed by atoms with van der Waals surface area (Å²) in [5.41, 5.74) is 6.55. The van der Waals surface area contributed by atoms with E-state index in [2.05, 4.69) is 29.2 Å². The number of amides is 1. The Morgan fingerprint density at radius 3 is 2.58 bits per heavy atom. The fourth-order valence-corrected chi connectivity index (χ4v) is 1.83. The van der Waals surface area contributed by atoms with Gasteiger partial charge < -0.3 is 16.0 Å². The number of rotatable bonds is 6. The molecule has 0 bridgehead atoms. The third-order valence-corrected chi connectivity index (χ3v) is 3.01. The van der Waals surface area contributed by atoms with Crippen LogP contribution < -0.4 is 11.1 Å². The average Bonchev–Trinajstić information content (AvgIpc) is 2.69. The summed E-state index contributed by atoms with van der Waals surface area (Å²) < 4.78 is 1.67. The number of nitrogens with zero attached hydrogens (tertiary/aromatic N) is 3. The SMILES string of the molecule is CCn1cc(N)c(C(=O)NC(CN(C)C)C(C)C)n1.